The van der Waals surface area contributed by atoms with Crippen LogP contribution in [0.15, 0.2) is 36.7 Å². The van der Waals surface area contributed by atoms with Crippen LogP contribution < -0.4 is 14.8 Å². The fourth-order valence-corrected chi connectivity index (χ4v) is 4.12. The minimum Gasteiger partial charge on any atom is -0.493 e. The predicted octanol–water partition coefficient (Wildman–Crippen LogP) is 3.60. The number of carbonyl (C=O) groups is 2. The predicted molar refractivity (Wildman–Crippen MR) is 118 cm³/mol. The molecule has 2 aromatic rings. The van der Waals surface area contributed by atoms with E-state index in [2.05, 4.69) is 10.3 Å². The van der Waals surface area contributed by atoms with Crippen molar-refractivity contribution in [1.29, 1.82) is 0 Å². The third-order valence-corrected chi connectivity index (χ3v) is 5.90. The lowest BCUT2D eigenvalue weighted by Crippen LogP contribution is -2.36. The maximum atomic E-state index is 13.1. The van der Waals surface area contributed by atoms with Crippen LogP contribution in [0, 0.1) is 0 Å². The molecular formula is C22H27N3O4S. The standard InChI is InChI=1S/C22H27N3O4S/c1-28-19-11-17(22(27)25-9-4-3-5-10-25)18(12-20(19)29-2)24-21(26)15-30-14-16-7-6-8-23-13-16/h6-8,11-13H,3-5,9-10,14-15H2,1-2H3,(H,24,26). The Labute approximate surface area is 181 Å². The number of nitrogens with one attached hydrogen (secondary N) is 1. The van der Waals surface area contributed by atoms with Crippen molar-refractivity contribution in [3.63, 3.8) is 0 Å². The van der Waals surface area contributed by atoms with Gasteiger partial charge in [0, 0.05) is 37.3 Å². The number of likely N-dealkylation sites (tertiary alicyclic amines) is 1. The van der Waals surface area contributed by atoms with Gasteiger partial charge in [-0.2, -0.15) is 0 Å². The van der Waals surface area contributed by atoms with Crippen LogP contribution in [-0.4, -0.2) is 54.8 Å². The summed E-state index contributed by atoms with van der Waals surface area (Å²) in [5, 5.41) is 2.88. The molecule has 1 aromatic carbocycles. The van der Waals surface area contributed by atoms with Gasteiger partial charge in [-0.15, -0.1) is 11.8 Å². The molecule has 0 spiro atoms. The highest BCUT2D eigenvalue weighted by molar-refractivity contribution is 7.99. The van der Waals surface area contributed by atoms with Crippen LogP contribution in [0.1, 0.15) is 35.2 Å². The van der Waals surface area contributed by atoms with Crippen LogP contribution in [0.3, 0.4) is 0 Å². The SMILES string of the molecule is COc1cc(NC(=O)CSCc2cccnc2)c(C(=O)N2CCCCC2)cc1OC. The van der Waals surface area contributed by atoms with E-state index in [0.717, 1.165) is 37.9 Å². The normalized spacial score (nSPS) is 13.6. The van der Waals surface area contributed by atoms with Crippen molar-refractivity contribution in [1.82, 2.24) is 9.88 Å². The number of aromatic nitrogens is 1. The van der Waals surface area contributed by atoms with Crippen molar-refractivity contribution in [3.8, 4) is 11.5 Å². The first-order valence-electron chi connectivity index (χ1n) is 9.94. The molecule has 2 heterocycles. The molecule has 8 heteroatoms. The van der Waals surface area contributed by atoms with E-state index >= 15 is 0 Å². The Morgan fingerprint density at radius 2 is 1.87 bits per heavy atom. The Morgan fingerprint density at radius 1 is 1.13 bits per heavy atom. The minimum atomic E-state index is -0.177. The molecule has 2 amide bonds. The summed E-state index contributed by atoms with van der Waals surface area (Å²) < 4.78 is 10.7. The van der Waals surface area contributed by atoms with E-state index in [1.165, 1.54) is 26.0 Å². The number of hydrogen-bond acceptors (Lipinski definition) is 6. The number of anilines is 1. The van der Waals surface area contributed by atoms with E-state index in [1.807, 2.05) is 17.0 Å². The highest BCUT2D eigenvalue weighted by Crippen LogP contribution is 2.34. The van der Waals surface area contributed by atoms with Gasteiger partial charge in [0.25, 0.3) is 5.91 Å². The molecule has 1 N–H and O–H groups in total. The summed E-state index contributed by atoms with van der Waals surface area (Å²) >= 11 is 1.49. The number of hydrogen-bond donors (Lipinski definition) is 1. The van der Waals surface area contributed by atoms with E-state index < -0.39 is 0 Å². The summed E-state index contributed by atoms with van der Waals surface area (Å²) in [7, 11) is 3.06. The third kappa shape index (κ3) is 5.66. The highest BCUT2D eigenvalue weighted by Gasteiger charge is 2.24. The minimum absolute atomic E-state index is 0.103. The average molecular weight is 430 g/mol. The van der Waals surface area contributed by atoms with Crippen molar-refractivity contribution in [2.24, 2.45) is 0 Å². The van der Waals surface area contributed by atoms with Gasteiger partial charge < -0.3 is 19.7 Å². The Bertz CT molecular complexity index is 870. The molecule has 1 aromatic heterocycles. The molecule has 0 aliphatic carbocycles. The highest BCUT2D eigenvalue weighted by atomic mass is 32.2. The molecule has 0 radical (unpaired) electrons. The van der Waals surface area contributed by atoms with Gasteiger partial charge >= 0.3 is 0 Å². The van der Waals surface area contributed by atoms with Gasteiger partial charge in [0.2, 0.25) is 5.91 Å². The molecule has 0 bridgehead atoms. The molecule has 1 saturated heterocycles. The van der Waals surface area contributed by atoms with Crippen molar-refractivity contribution in [2.75, 3.05) is 38.4 Å². The molecule has 160 valence electrons. The monoisotopic (exact) mass is 429 g/mol. The zero-order valence-electron chi connectivity index (χ0n) is 17.3. The number of thioether (sulfide) groups is 1. The van der Waals surface area contributed by atoms with Crippen molar-refractivity contribution in [3.05, 3.63) is 47.8 Å². The summed E-state index contributed by atoms with van der Waals surface area (Å²) in [4.78, 5) is 31.6. The first-order chi connectivity index (χ1) is 14.6. The molecule has 7 nitrogen and oxygen atoms in total. The van der Waals surface area contributed by atoms with E-state index in [0.29, 0.717) is 28.5 Å². The second-order valence-corrected chi connectivity index (χ2v) is 7.99. The number of amides is 2. The molecular weight excluding hydrogens is 402 g/mol. The van der Waals surface area contributed by atoms with Crippen LogP contribution in [0.4, 0.5) is 5.69 Å². The second-order valence-electron chi connectivity index (χ2n) is 7.01. The molecule has 1 aliphatic heterocycles. The number of rotatable bonds is 8. The van der Waals surface area contributed by atoms with Gasteiger partial charge in [-0.05, 0) is 37.0 Å². The van der Waals surface area contributed by atoms with Gasteiger partial charge in [0.1, 0.15) is 0 Å². The van der Waals surface area contributed by atoms with E-state index in [9.17, 15) is 9.59 Å². The van der Waals surface area contributed by atoms with Gasteiger partial charge in [-0.25, -0.2) is 0 Å². The number of carbonyl (C=O) groups excluding carboxylic acids is 2. The zero-order chi connectivity index (χ0) is 21.3. The van der Waals surface area contributed by atoms with Gasteiger partial charge in [-0.1, -0.05) is 6.07 Å². The van der Waals surface area contributed by atoms with E-state index in [-0.39, 0.29) is 17.6 Å². The van der Waals surface area contributed by atoms with Crippen LogP contribution in [-0.2, 0) is 10.5 Å². The Morgan fingerprint density at radius 3 is 2.53 bits per heavy atom. The van der Waals surface area contributed by atoms with Gasteiger partial charge in [0.05, 0.1) is 31.2 Å². The van der Waals surface area contributed by atoms with Crippen LogP contribution >= 0.6 is 11.8 Å². The lowest BCUT2D eigenvalue weighted by Gasteiger charge is -2.28. The maximum absolute atomic E-state index is 13.1. The summed E-state index contributed by atoms with van der Waals surface area (Å²) in [5.74, 6) is 1.60. The van der Waals surface area contributed by atoms with Crippen molar-refractivity contribution in [2.45, 2.75) is 25.0 Å². The summed E-state index contributed by atoms with van der Waals surface area (Å²) in [6.07, 6.45) is 6.62. The Kier molecular flexibility index (Phi) is 7.96. The van der Waals surface area contributed by atoms with Crippen LogP contribution in [0.25, 0.3) is 0 Å². The first kappa shape index (κ1) is 22.0. The molecule has 30 heavy (non-hydrogen) atoms. The van der Waals surface area contributed by atoms with Crippen molar-refractivity contribution < 1.29 is 19.1 Å². The molecule has 3 rings (SSSR count). The molecule has 1 aliphatic rings. The van der Waals surface area contributed by atoms with Crippen LogP contribution in [0.5, 0.6) is 11.5 Å². The molecule has 0 saturated carbocycles. The van der Waals surface area contributed by atoms with E-state index in [1.54, 1.807) is 24.5 Å². The van der Waals surface area contributed by atoms with Gasteiger partial charge in [-0.3, -0.25) is 14.6 Å². The first-order valence-corrected chi connectivity index (χ1v) is 11.1. The number of ether oxygens (including phenoxy) is 2. The summed E-state index contributed by atoms with van der Waals surface area (Å²) in [5.41, 5.74) is 1.91. The third-order valence-electron chi connectivity index (χ3n) is 4.90. The molecule has 0 unspecified atom stereocenters. The zero-order valence-corrected chi connectivity index (χ0v) is 18.2. The number of nitrogens with zero attached hydrogens (tertiary/aromatic N) is 2. The number of piperidine rings is 1. The lowest BCUT2D eigenvalue weighted by atomic mass is 10.1. The smallest absolute Gasteiger partial charge is 0.256 e. The average Bonchev–Trinajstić information content (AvgIpc) is 2.79. The maximum Gasteiger partial charge on any atom is 0.256 e. The molecule has 1 fully saturated rings. The van der Waals surface area contributed by atoms with Crippen molar-refractivity contribution >= 4 is 29.3 Å². The number of benzene rings is 1. The lowest BCUT2D eigenvalue weighted by molar-refractivity contribution is -0.113. The number of pyridine rings is 1. The second kappa shape index (κ2) is 10.9. The summed E-state index contributed by atoms with van der Waals surface area (Å²) in [6.45, 7) is 1.45. The topological polar surface area (TPSA) is 80.8 Å². The van der Waals surface area contributed by atoms with Gasteiger partial charge in [0.15, 0.2) is 11.5 Å². The largest absolute Gasteiger partial charge is 0.493 e. The summed E-state index contributed by atoms with van der Waals surface area (Å²) in [6, 6.07) is 7.15. The Balaban J connectivity index is 1.73. The van der Waals surface area contributed by atoms with E-state index in [4.69, 9.17) is 9.47 Å². The fourth-order valence-electron chi connectivity index (χ4n) is 3.36. The Hall–Kier alpha value is -2.74. The van der Waals surface area contributed by atoms with Crippen LogP contribution in [0.2, 0.25) is 0 Å². The number of methoxy groups -OCH3 is 2. The quantitative estimate of drug-likeness (QED) is 0.691. The molecule has 0 atom stereocenters. The fraction of sp³-hybridized carbons (Fsp3) is 0.409.